The van der Waals surface area contributed by atoms with Gasteiger partial charge in [-0.3, -0.25) is 4.79 Å². The van der Waals surface area contributed by atoms with Crippen molar-refractivity contribution in [3.05, 3.63) is 71.7 Å². The fourth-order valence-electron chi connectivity index (χ4n) is 2.84. The van der Waals surface area contributed by atoms with E-state index in [2.05, 4.69) is 15.4 Å². The van der Waals surface area contributed by atoms with Crippen molar-refractivity contribution in [3.63, 3.8) is 0 Å². The van der Waals surface area contributed by atoms with Gasteiger partial charge in [0.25, 0.3) is 5.91 Å². The van der Waals surface area contributed by atoms with Crippen LogP contribution in [0.3, 0.4) is 0 Å². The van der Waals surface area contributed by atoms with Crippen LogP contribution in [0, 0.1) is 6.92 Å². The number of methoxy groups -OCH3 is 1. The maximum absolute atomic E-state index is 12.4. The first-order valence-corrected chi connectivity index (χ1v) is 10.1. The van der Waals surface area contributed by atoms with Gasteiger partial charge in [-0.25, -0.2) is 4.98 Å². The van der Waals surface area contributed by atoms with Crippen molar-refractivity contribution in [3.8, 4) is 27.9 Å². The number of nitrogens with one attached hydrogen (secondary N) is 1. The number of hydrogen-bond acceptors (Lipinski definition) is 6. The van der Waals surface area contributed by atoms with Gasteiger partial charge in [-0.2, -0.15) is 9.78 Å². The number of carbonyl (C=O) groups excluding carboxylic acids is 1. The molecule has 0 unspecified atom stereocenters. The minimum Gasteiger partial charge on any atom is -0.497 e. The molecule has 0 saturated heterocycles. The van der Waals surface area contributed by atoms with Gasteiger partial charge >= 0.3 is 0 Å². The molecule has 4 rings (SSSR count). The molecule has 0 aliphatic heterocycles. The van der Waals surface area contributed by atoms with E-state index >= 15 is 0 Å². The molecule has 0 atom stereocenters. The van der Waals surface area contributed by atoms with Crippen LogP contribution in [-0.4, -0.2) is 34.4 Å². The Balaban J connectivity index is 1.45. The molecule has 0 bridgehead atoms. The largest absolute Gasteiger partial charge is 0.497 e. The summed E-state index contributed by atoms with van der Waals surface area (Å²) in [5.74, 6) is 1.57. The van der Waals surface area contributed by atoms with E-state index in [-0.39, 0.29) is 12.5 Å². The lowest BCUT2D eigenvalue weighted by atomic mass is 10.2. The van der Waals surface area contributed by atoms with E-state index in [4.69, 9.17) is 9.47 Å². The second kappa shape index (κ2) is 8.79. The third-order valence-corrected chi connectivity index (χ3v) is 5.09. The summed E-state index contributed by atoms with van der Waals surface area (Å²) in [6, 6.07) is 18.8. The van der Waals surface area contributed by atoms with Crippen LogP contribution in [-0.2, 0) is 4.79 Å². The first-order chi connectivity index (χ1) is 14.6. The van der Waals surface area contributed by atoms with Crippen molar-refractivity contribution in [1.82, 2.24) is 14.8 Å². The molecule has 1 amide bonds. The first kappa shape index (κ1) is 19.7. The Morgan fingerprint density at radius 2 is 1.83 bits per heavy atom. The van der Waals surface area contributed by atoms with Crippen LogP contribution in [0.5, 0.6) is 11.5 Å². The maximum atomic E-state index is 12.4. The van der Waals surface area contributed by atoms with Crippen molar-refractivity contribution < 1.29 is 14.3 Å². The molecular weight excluding hydrogens is 400 g/mol. The van der Waals surface area contributed by atoms with Crippen LogP contribution in [0.2, 0.25) is 0 Å². The molecule has 30 heavy (non-hydrogen) atoms. The van der Waals surface area contributed by atoms with E-state index in [0.717, 1.165) is 22.7 Å². The Bertz CT molecular complexity index is 1140. The predicted octanol–water partition coefficient (Wildman–Crippen LogP) is 4.33. The lowest BCUT2D eigenvalue weighted by molar-refractivity contribution is -0.118. The molecule has 4 aromatic rings. The Hall–Kier alpha value is -3.65. The number of rotatable bonds is 7. The molecule has 0 aliphatic rings. The molecule has 1 N–H and O–H groups in total. The van der Waals surface area contributed by atoms with Gasteiger partial charge in [-0.05, 0) is 31.2 Å². The van der Waals surface area contributed by atoms with Gasteiger partial charge in [0.2, 0.25) is 5.13 Å². The van der Waals surface area contributed by atoms with E-state index < -0.39 is 0 Å². The highest BCUT2D eigenvalue weighted by Gasteiger charge is 2.15. The van der Waals surface area contributed by atoms with Crippen molar-refractivity contribution in [2.45, 2.75) is 6.92 Å². The second-order valence-electron chi connectivity index (χ2n) is 6.48. The van der Waals surface area contributed by atoms with E-state index in [1.165, 1.54) is 11.3 Å². The highest BCUT2D eigenvalue weighted by molar-refractivity contribution is 7.12. The average molecular weight is 420 g/mol. The number of amides is 1. The fraction of sp³-hybridized carbons (Fsp3) is 0.136. The van der Waals surface area contributed by atoms with Crippen molar-refractivity contribution in [1.29, 1.82) is 0 Å². The zero-order chi connectivity index (χ0) is 20.9. The third kappa shape index (κ3) is 4.49. The van der Waals surface area contributed by atoms with Gasteiger partial charge in [0, 0.05) is 17.0 Å². The molecular formula is C22H20N4O3S. The minimum absolute atomic E-state index is 0.121. The summed E-state index contributed by atoms with van der Waals surface area (Å²) < 4.78 is 12.3. The third-order valence-electron chi connectivity index (χ3n) is 4.27. The number of hydrogen-bond donors (Lipinski definition) is 1. The van der Waals surface area contributed by atoms with Crippen LogP contribution in [0.15, 0.2) is 66.0 Å². The van der Waals surface area contributed by atoms with Crippen LogP contribution in [0.25, 0.3) is 16.4 Å². The van der Waals surface area contributed by atoms with Gasteiger partial charge in [0.15, 0.2) is 6.61 Å². The number of aromatic nitrogens is 3. The molecule has 2 aromatic carbocycles. The van der Waals surface area contributed by atoms with Crippen molar-refractivity contribution in [2.24, 2.45) is 0 Å². The van der Waals surface area contributed by atoms with Gasteiger partial charge in [-0.1, -0.05) is 30.3 Å². The SMILES string of the molecule is COc1ccc(OCC(=O)Nc2cc(C)nn2-c2nc(-c3ccccc3)cs2)cc1. The lowest BCUT2D eigenvalue weighted by Crippen LogP contribution is -2.21. The average Bonchev–Trinajstić information content (AvgIpc) is 3.40. The number of aryl methyl sites for hydroxylation is 1. The summed E-state index contributed by atoms with van der Waals surface area (Å²) in [4.78, 5) is 17.1. The number of nitrogens with zero attached hydrogens (tertiary/aromatic N) is 3. The maximum Gasteiger partial charge on any atom is 0.263 e. The zero-order valence-electron chi connectivity index (χ0n) is 16.5. The Kier molecular flexibility index (Phi) is 5.76. The van der Waals surface area contributed by atoms with Crippen molar-refractivity contribution in [2.75, 3.05) is 19.0 Å². The number of thiazole rings is 1. The van der Waals surface area contributed by atoms with Crippen LogP contribution < -0.4 is 14.8 Å². The number of ether oxygens (including phenoxy) is 2. The zero-order valence-corrected chi connectivity index (χ0v) is 17.3. The molecule has 0 aliphatic carbocycles. The van der Waals surface area contributed by atoms with Gasteiger partial charge < -0.3 is 14.8 Å². The topological polar surface area (TPSA) is 78.3 Å². The summed E-state index contributed by atoms with van der Waals surface area (Å²) in [5.41, 5.74) is 2.67. The molecule has 0 spiro atoms. The van der Waals surface area contributed by atoms with E-state index in [0.29, 0.717) is 16.7 Å². The predicted molar refractivity (Wildman–Crippen MR) is 117 cm³/mol. The molecule has 152 valence electrons. The normalized spacial score (nSPS) is 10.6. The highest BCUT2D eigenvalue weighted by atomic mass is 32.1. The van der Waals surface area contributed by atoms with Crippen LogP contribution >= 0.6 is 11.3 Å². The van der Waals surface area contributed by atoms with Gasteiger partial charge in [0.05, 0.1) is 18.5 Å². The molecule has 0 radical (unpaired) electrons. The van der Waals surface area contributed by atoms with Crippen LogP contribution in [0.4, 0.5) is 5.82 Å². The van der Waals surface area contributed by atoms with E-state index in [1.54, 1.807) is 42.1 Å². The summed E-state index contributed by atoms with van der Waals surface area (Å²) in [5, 5.41) is 9.97. The number of carbonyl (C=O) groups is 1. The Morgan fingerprint density at radius 1 is 1.10 bits per heavy atom. The molecule has 8 heteroatoms. The first-order valence-electron chi connectivity index (χ1n) is 9.27. The molecule has 2 heterocycles. The summed E-state index contributed by atoms with van der Waals surface area (Å²) in [6.07, 6.45) is 0. The quantitative estimate of drug-likeness (QED) is 0.481. The number of benzene rings is 2. The Morgan fingerprint density at radius 3 is 2.57 bits per heavy atom. The number of anilines is 1. The lowest BCUT2D eigenvalue weighted by Gasteiger charge is -2.09. The van der Waals surface area contributed by atoms with E-state index in [9.17, 15) is 4.79 Å². The molecule has 0 fully saturated rings. The second-order valence-corrected chi connectivity index (χ2v) is 7.31. The van der Waals surface area contributed by atoms with Crippen molar-refractivity contribution >= 4 is 23.1 Å². The monoisotopic (exact) mass is 420 g/mol. The smallest absolute Gasteiger partial charge is 0.263 e. The summed E-state index contributed by atoms with van der Waals surface area (Å²) >= 11 is 1.46. The molecule has 2 aromatic heterocycles. The van der Waals surface area contributed by atoms with Crippen LogP contribution in [0.1, 0.15) is 5.69 Å². The summed E-state index contributed by atoms with van der Waals surface area (Å²) in [7, 11) is 1.60. The molecule has 7 nitrogen and oxygen atoms in total. The van der Waals surface area contributed by atoms with E-state index in [1.807, 2.05) is 42.6 Å². The highest BCUT2D eigenvalue weighted by Crippen LogP contribution is 2.26. The minimum atomic E-state index is -0.285. The summed E-state index contributed by atoms with van der Waals surface area (Å²) in [6.45, 7) is 1.75. The standard InChI is InChI=1S/C22H20N4O3S/c1-15-12-20(24-21(27)13-29-18-10-8-17(28-2)9-11-18)26(25-15)22-23-19(14-30-22)16-6-4-3-5-7-16/h3-12,14H,13H2,1-2H3,(H,24,27). The fourth-order valence-corrected chi connectivity index (χ4v) is 3.63. The van der Waals surface area contributed by atoms with Gasteiger partial charge in [-0.15, -0.1) is 11.3 Å². The van der Waals surface area contributed by atoms with Gasteiger partial charge in [0.1, 0.15) is 17.3 Å². The molecule has 0 saturated carbocycles. The Labute approximate surface area is 177 Å².